The minimum Gasteiger partial charge on any atom is -0.264 e. The first-order valence-electron chi connectivity index (χ1n) is 6.15. The minimum atomic E-state index is 1.03. The summed E-state index contributed by atoms with van der Waals surface area (Å²) in [4.78, 5) is 4.10. The molecule has 0 saturated carbocycles. The highest BCUT2D eigenvalue weighted by Gasteiger charge is 1.90. The van der Waals surface area contributed by atoms with Gasteiger partial charge in [0.1, 0.15) is 0 Å². The maximum absolute atomic E-state index is 4.10. The topological polar surface area (TPSA) is 12.9 Å². The van der Waals surface area contributed by atoms with E-state index in [0.717, 1.165) is 6.42 Å². The van der Waals surface area contributed by atoms with Crippen molar-refractivity contribution < 1.29 is 0 Å². The fraction of sp³-hybridized carbons (Fsp3) is 0.400. The van der Waals surface area contributed by atoms with E-state index in [1.165, 1.54) is 16.0 Å². The molecule has 1 aromatic heterocycles. The lowest BCUT2D eigenvalue weighted by Gasteiger charge is -1.87. The lowest BCUT2D eigenvalue weighted by Crippen LogP contribution is -2.23. The zero-order chi connectivity index (χ0) is 12.4. The lowest BCUT2D eigenvalue weighted by molar-refractivity contribution is 1.27. The first kappa shape index (κ1) is 14.6. The second kappa shape index (κ2) is 8.90. The summed E-state index contributed by atoms with van der Waals surface area (Å²) < 4.78 is 0. The molecule has 0 spiro atoms. The molecule has 1 heterocycles. The number of aromatic nitrogens is 1. The van der Waals surface area contributed by atoms with Gasteiger partial charge >= 0.3 is 0 Å². The largest absolute Gasteiger partial charge is 0.264 e. The number of pyridine rings is 1. The quantitative estimate of drug-likeness (QED) is 0.651. The van der Waals surface area contributed by atoms with Gasteiger partial charge in [-0.15, -0.1) is 0 Å². The number of fused-ring (bicyclic) bond motifs is 1. The van der Waals surface area contributed by atoms with Crippen molar-refractivity contribution in [3.63, 3.8) is 0 Å². The van der Waals surface area contributed by atoms with Crippen LogP contribution in [0, 0.1) is 0 Å². The molecule has 1 aliphatic carbocycles. The monoisotopic (exact) mass is 217 g/mol. The molecule has 16 heavy (non-hydrogen) atoms. The number of hydrogen-bond donors (Lipinski definition) is 0. The van der Waals surface area contributed by atoms with Crippen molar-refractivity contribution in [3.8, 4) is 0 Å². The molecular weight excluding hydrogens is 194 g/mol. The Labute approximate surface area is 99.2 Å². The fourth-order valence-electron chi connectivity index (χ4n) is 1.40. The van der Waals surface area contributed by atoms with Crippen LogP contribution in [0.15, 0.2) is 30.1 Å². The van der Waals surface area contributed by atoms with Crippen molar-refractivity contribution in [1.29, 1.82) is 0 Å². The van der Waals surface area contributed by atoms with E-state index in [1.807, 2.05) is 40.1 Å². The zero-order valence-electron chi connectivity index (χ0n) is 11.1. The maximum atomic E-state index is 4.10. The van der Waals surface area contributed by atoms with Crippen LogP contribution in [0.4, 0.5) is 0 Å². The summed E-state index contributed by atoms with van der Waals surface area (Å²) in [6.45, 7) is 10.1. The molecule has 1 nitrogen and oxygen atoms in total. The Morgan fingerprint density at radius 1 is 1.00 bits per heavy atom. The van der Waals surface area contributed by atoms with Gasteiger partial charge in [0.25, 0.3) is 0 Å². The Hall–Kier alpha value is -1.37. The third-order valence-electron chi connectivity index (χ3n) is 2.05. The summed E-state index contributed by atoms with van der Waals surface area (Å²) in [7, 11) is 0. The van der Waals surface area contributed by atoms with E-state index in [1.54, 1.807) is 0 Å². The van der Waals surface area contributed by atoms with E-state index in [0.29, 0.717) is 0 Å². The molecule has 1 heteroatoms. The number of allylic oxidation sites excluding steroid dienone is 2. The van der Waals surface area contributed by atoms with Crippen LogP contribution in [0.1, 0.15) is 41.0 Å². The SMILES string of the molecule is CC.CC.CC1=CCC=c2ccncc2=C1. The van der Waals surface area contributed by atoms with Crippen molar-refractivity contribution in [2.24, 2.45) is 0 Å². The normalized spacial score (nSPS) is 11.9. The van der Waals surface area contributed by atoms with Crippen LogP contribution in [-0.4, -0.2) is 4.98 Å². The average Bonchev–Trinajstić information content (AvgIpc) is 2.55. The van der Waals surface area contributed by atoms with E-state index in [9.17, 15) is 0 Å². The molecule has 0 fully saturated rings. The Morgan fingerprint density at radius 2 is 1.69 bits per heavy atom. The van der Waals surface area contributed by atoms with Gasteiger partial charge in [0.2, 0.25) is 0 Å². The second-order valence-corrected chi connectivity index (χ2v) is 3.04. The summed E-state index contributed by atoms with van der Waals surface area (Å²) in [5.41, 5.74) is 1.32. The van der Waals surface area contributed by atoms with Crippen LogP contribution < -0.4 is 10.4 Å². The van der Waals surface area contributed by atoms with Gasteiger partial charge < -0.3 is 0 Å². The predicted molar refractivity (Wildman–Crippen MR) is 73.5 cm³/mol. The van der Waals surface area contributed by atoms with E-state index in [2.05, 4.69) is 36.2 Å². The molecule has 0 aromatic carbocycles. The standard InChI is InChI=1S/C11H11N.2C2H6/c1-9-3-2-4-10-5-6-12-8-11(10)7-9;2*1-2/h3-8H,2H2,1H3;2*1-2H3. The minimum absolute atomic E-state index is 1.03. The summed E-state index contributed by atoms with van der Waals surface area (Å²) in [5, 5.41) is 2.52. The number of nitrogens with zero attached hydrogens (tertiary/aromatic N) is 1. The Bertz CT molecular complexity index is 427. The molecule has 0 N–H and O–H groups in total. The molecule has 0 amide bonds. The fourth-order valence-corrected chi connectivity index (χ4v) is 1.40. The maximum Gasteiger partial charge on any atom is 0.0346 e. The van der Waals surface area contributed by atoms with Crippen LogP contribution in [0.3, 0.4) is 0 Å². The molecule has 0 atom stereocenters. The van der Waals surface area contributed by atoms with Gasteiger partial charge in [-0.1, -0.05) is 51.5 Å². The summed E-state index contributed by atoms with van der Waals surface area (Å²) in [5.74, 6) is 0. The first-order valence-corrected chi connectivity index (χ1v) is 6.15. The lowest BCUT2D eigenvalue weighted by atomic mass is 10.2. The molecule has 0 saturated heterocycles. The van der Waals surface area contributed by atoms with Gasteiger partial charge in [-0.05, 0) is 29.8 Å². The van der Waals surface area contributed by atoms with Crippen LogP contribution in [0.25, 0.3) is 12.2 Å². The molecule has 0 unspecified atom stereocenters. The smallest absolute Gasteiger partial charge is 0.0346 e. The van der Waals surface area contributed by atoms with Crippen molar-refractivity contribution in [2.45, 2.75) is 41.0 Å². The molecule has 0 bridgehead atoms. The van der Waals surface area contributed by atoms with Gasteiger partial charge in [-0.2, -0.15) is 0 Å². The second-order valence-electron chi connectivity index (χ2n) is 3.04. The highest BCUT2D eigenvalue weighted by Crippen LogP contribution is 1.98. The van der Waals surface area contributed by atoms with Gasteiger partial charge in [0, 0.05) is 12.4 Å². The summed E-state index contributed by atoms with van der Waals surface area (Å²) >= 11 is 0. The van der Waals surface area contributed by atoms with Crippen molar-refractivity contribution in [1.82, 2.24) is 4.98 Å². The highest BCUT2D eigenvalue weighted by atomic mass is 14.6. The van der Waals surface area contributed by atoms with Crippen molar-refractivity contribution in [2.75, 3.05) is 0 Å². The Morgan fingerprint density at radius 3 is 2.38 bits per heavy atom. The van der Waals surface area contributed by atoms with Crippen molar-refractivity contribution in [3.05, 3.63) is 40.5 Å². The molecule has 1 aromatic rings. The summed E-state index contributed by atoms with van der Waals surface area (Å²) in [6.07, 6.45) is 11.4. The van der Waals surface area contributed by atoms with Gasteiger partial charge in [0.05, 0.1) is 0 Å². The highest BCUT2D eigenvalue weighted by molar-refractivity contribution is 5.49. The molecular formula is C15H23N. The molecule has 0 radical (unpaired) electrons. The first-order chi connectivity index (χ1) is 7.86. The van der Waals surface area contributed by atoms with Crippen LogP contribution in [0.2, 0.25) is 0 Å². The van der Waals surface area contributed by atoms with E-state index in [-0.39, 0.29) is 0 Å². The zero-order valence-corrected chi connectivity index (χ0v) is 11.1. The van der Waals surface area contributed by atoms with E-state index >= 15 is 0 Å². The van der Waals surface area contributed by atoms with E-state index < -0.39 is 0 Å². The Balaban J connectivity index is 0.000000509. The van der Waals surface area contributed by atoms with E-state index in [4.69, 9.17) is 0 Å². The molecule has 0 aliphatic heterocycles. The van der Waals surface area contributed by atoms with Crippen LogP contribution >= 0.6 is 0 Å². The molecule has 88 valence electrons. The van der Waals surface area contributed by atoms with Gasteiger partial charge in [-0.3, -0.25) is 4.98 Å². The summed E-state index contributed by atoms with van der Waals surface area (Å²) in [6, 6.07) is 2.05. The van der Waals surface area contributed by atoms with Crippen LogP contribution in [0.5, 0.6) is 0 Å². The van der Waals surface area contributed by atoms with Gasteiger partial charge in [-0.25, -0.2) is 0 Å². The third-order valence-corrected chi connectivity index (χ3v) is 2.05. The van der Waals surface area contributed by atoms with Gasteiger partial charge in [0.15, 0.2) is 0 Å². The third kappa shape index (κ3) is 4.43. The molecule has 2 rings (SSSR count). The number of rotatable bonds is 0. The number of hydrogen-bond acceptors (Lipinski definition) is 1. The Kier molecular flexibility index (Phi) is 8.14. The van der Waals surface area contributed by atoms with Crippen molar-refractivity contribution >= 4 is 12.2 Å². The predicted octanol–water partition coefficient (Wildman–Crippen LogP) is 3.05. The molecule has 1 aliphatic rings. The van der Waals surface area contributed by atoms with Crippen LogP contribution in [-0.2, 0) is 0 Å². The average molecular weight is 217 g/mol.